The molecule has 0 aromatic carbocycles. The second kappa shape index (κ2) is 5.62. The van der Waals surface area contributed by atoms with E-state index in [0.29, 0.717) is 4.47 Å². The highest BCUT2D eigenvalue weighted by Crippen LogP contribution is 2.36. The maximum atomic E-state index is 10.9. The molecule has 0 spiro atoms. The van der Waals surface area contributed by atoms with Gasteiger partial charge in [-0.25, -0.2) is 0 Å². The van der Waals surface area contributed by atoms with Gasteiger partial charge in [0.05, 0.1) is 9.40 Å². The lowest BCUT2D eigenvalue weighted by molar-refractivity contribution is -0.386. The van der Waals surface area contributed by atoms with E-state index in [1.807, 2.05) is 0 Å². The fourth-order valence-corrected chi connectivity index (χ4v) is 2.50. The van der Waals surface area contributed by atoms with Gasteiger partial charge in [-0.05, 0) is 35.2 Å². The Morgan fingerprint density at radius 1 is 1.44 bits per heavy atom. The predicted molar refractivity (Wildman–Crippen MR) is 69.5 cm³/mol. The maximum Gasteiger partial charge on any atom is 0.330 e. The highest BCUT2D eigenvalue weighted by Gasteiger charge is 2.28. The van der Waals surface area contributed by atoms with E-state index >= 15 is 0 Å². The molecule has 1 aromatic heterocycles. The lowest BCUT2D eigenvalue weighted by Gasteiger charge is -2.29. The number of hydrogen-bond donors (Lipinski definition) is 1. The Morgan fingerprint density at radius 3 is 2.83 bits per heavy atom. The van der Waals surface area contributed by atoms with Crippen LogP contribution in [0.2, 0.25) is 0 Å². The van der Waals surface area contributed by atoms with Crippen molar-refractivity contribution in [3.8, 4) is 5.75 Å². The highest BCUT2D eigenvalue weighted by atomic mass is 79.9. The number of nitrogens with two attached hydrogens (primary N) is 1. The smallest absolute Gasteiger partial charge is 0.330 e. The van der Waals surface area contributed by atoms with E-state index < -0.39 is 4.92 Å². The molecule has 0 saturated heterocycles. The summed E-state index contributed by atoms with van der Waals surface area (Å²) >= 11 is 3.23. The van der Waals surface area contributed by atoms with Crippen molar-refractivity contribution >= 4 is 21.6 Å². The van der Waals surface area contributed by atoms with E-state index in [2.05, 4.69) is 20.9 Å². The van der Waals surface area contributed by atoms with Crippen molar-refractivity contribution in [2.24, 2.45) is 5.73 Å². The molecule has 1 aliphatic rings. The second-order valence-electron chi connectivity index (χ2n) is 4.33. The molecular formula is C11H14BrN3O3. The number of nitro groups is 1. The number of ether oxygens (including phenoxy) is 1. The highest BCUT2D eigenvalue weighted by molar-refractivity contribution is 9.10. The standard InChI is InChI=1S/C11H14BrN3O3/c12-7-5-14-6-9(15(16)17)11(7)18-10-4-2-1-3-8(10)13/h5-6,8,10H,1-4,13H2. The molecule has 98 valence electrons. The second-order valence-corrected chi connectivity index (χ2v) is 5.19. The molecule has 1 aromatic rings. The zero-order valence-corrected chi connectivity index (χ0v) is 11.3. The SMILES string of the molecule is NC1CCCCC1Oc1c(Br)cncc1[N+](=O)[O-]. The van der Waals surface area contributed by atoms with E-state index in [0.717, 1.165) is 25.7 Å². The van der Waals surface area contributed by atoms with Crippen LogP contribution >= 0.6 is 15.9 Å². The Morgan fingerprint density at radius 2 is 2.17 bits per heavy atom. The summed E-state index contributed by atoms with van der Waals surface area (Å²) in [6.07, 6.45) is 6.34. The number of pyridine rings is 1. The summed E-state index contributed by atoms with van der Waals surface area (Å²) < 4.78 is 6.22. The van der Waals surface area contributed by atoms with Gasteiger partial charge in [0.1, 0.15) is 12.3 Å². The van der Waals surface area contributed by atoms with Crippen LogP contribution in [-0.4, -0.2) is 22.1 Å². The first kappa shape index (κ1) is 13.2. The van der Waals surface area contributed by atoms with E-state index in [4.69, 9.17) is 10.5 Å². The Kier molecular flexibility index (Phi) is 4.13. The molecule has 2 N–H and O–H groups in total. The number of hydrogen-bond acceptors (Lipinski definition) is 5. The van der Waals surface area contributed by atoms with Gasteiger partial charge in [-0.3, -0.25) is 15.1 Å². The molecule has 0 amide bonds. The molecule has 6 nitrogen and oxygen atoms in total. The molecule has 7 heteroatoms. The van der Waals surface area contributed by atoms with Crippen LogP contribution in [0, 0.1) is 10.1 Å². The zero-order chi connectivity index (χ0) is 13.1. The maximum absolute atomic E-state index is 10.9. The van der Waals surface area contributed by atoms with Crippen LogP contribution < -0.4 is 10.5 Å². The van der Waals surface area contributed by atoms with Gasteiger partial charge in [0.15, 0.2) is 0 Å². The molecule has 18 heavy (non-hydrogen) atoms. The largest absolute Gasteiger partial charge is 0.481 e. The molecular weight excluding hydrogens is 302 g/mol. The fourth-order valence-electron chi connectivity index (χ4n) is 2.08. The monoisotopic (exact) mass is 315 g/mol. The first-order chi connectivity index (χ1) is 8.59. The third kappa shape index (κ3) is 2.78. The van der Waals surface area contributed by atoms with Crippen molar-refractivity contribution in [1.29, 1.82) is 0 Å². The van der Waals surface area contributed by atoms with Gasteiger partial charge in [-0.15, -0.1) is 0 Å². The van der Waals surface area contributed by atoms with E-state index in [1.165, 1.54) is 12.4 Å². The minimum atomic E-state index is -0.499. The number of aromatic nitrogens is 1. The first-order valence-electron chi connectivity index (χ1n) is 5.79. The summed E-state index contributed by atoms with van der Waals surface area (Å²) in [6.45, 7) is 0. The van der Waals surface area contributed by atoms with Gasteiger partial charge in [0.25, 0.3) is 0 Å². The van der Waals surface area contributed by atoms with Gasteiger partial charge in [0, 0.05) is 12.2 Å². The molecule has 0 aliphatic heterocycles. The minimum absolute atomic E-state index is 0.0709. The Hall–Kier alpha value is -1.21. The summed E-state index contributed by atoms with van der Waals surface area (Å²) in [5, 5.41) is 10.9. The molecule has 1 fully saturated rings. The summed E-state index contributed by atoms with van der Waals surface area (Å²) in [5.74, 6) is 0.220. The van der Waals surface area contributed by atoms with Gasteiger partial charge < -0.3 is 10.5 Å². The fraction of sp³-hybridized carbons (Fsp3) is 0.545. The van der Waals surface area contributed by atoms with Gasteiger partial charge in [-0.1, -0.05) is 6.42 Å². The summed E-state index contributed by atoms with van der Waals surface area (Å²) in [6, 6.07) is -0.0709. The Balaban J connectivity index is 2.24. The zero-order valence-electron chi connectivity index (χ0n) is 9.71. The van der Waals surface area contributed by atoms with Crippen molar-refractivity contribution in [2.75, 3.05) is 0 Å². The lowest BCUT2D eigenvalue weighted by atomic mass is 9.93. The minimum Gasteiger partial charge on any atom is -0.481 e. The molecule has 0 bridgehead atoms. The number of halogens is 1. The molecule has 0 radical (unpaired) electrons. The van der Waals surface area contributed by atoms with Crippen LogP contribution in [-0.2, 0) is 0 Å². The van der Waals surface area contributed by atoms with Crippen LogP contribution in [0.5, 0.6) is 5.75 Å². The van der Waals surface area contributed by atoms with Crippen LogP contribution in [0.25, 0.3) is 0 Å². The van der Waals surface area contributed by atoms with Gasteiger partial charge >= 0.3 is 5.69 Å². The van der Waals surface area contributed by atoms with Crippen molar-refractivity contribution in [2.45, 2.75) is 37.8 Å². The lowest BCUT2D eigenvalue weighted by Crippen LogP contribution is -2.41. The molecule has 2 unspecified atom stereocenters. The van der Waals surface area contributed by atoms with E-state index in [9.17, 15) is 10.1 Å². The quantitative estimate of drug-likeness (QED) is 0.683. The third-order valence-corrected chi connectivity index (χ3v) is 3.62. The van der Waals surface area contributed by atoms with E-state index in [1.54, 1.807) is 0 Å². The first-order valence-corrected chi connectivity index (χ1v) is 6.59. The topological polar surface area (TPSA) is 91.3 Å². The van der Waals surface area contributed by atoms with Crippen molar-refractivity contribution in [3.05, 3.63) is 27.0 Å². The molecule has 1 aliphatic carbocycles. The Bertz CT molecular complexity index is 455. The predicted octanol–water partition coefficient (Wildman–Crippen LogP) is 2.40. The van der Waals surface area contributed by atoms with Gasteiger partial charge in [-0.2, -0.15) is 0 Å². The molecule has 2 atom stereocenters. The van der Waals surface area contributed by atoms with Crippen molar-refractivity contribution in [1.82, 2.24) is 4.98 Å². The molecule has 1 heterocycles. The van der Waals surface area contributed by atoms with Crippen molar-refractivity contribution in [3.63, 3.8) is 0 Å². The number of rotatable bonds is 3. The van der Waals surface area contributed by atoms with Crippen LogP contribution in [0.4, 0.5) is 5.69 Å². The normalized spacial score (nSPS) is 23.7. The van der Waals surface area contributed by atoms with Crippen LogP contribution in [0.15, 0.2) is 16.9 Å². The summed E-state index contributed by atoms with van der Waals surface area (Å²) in [5.41, 5.74) is 5.84. The van der Waals surface area contributed by atoms with Crippen molar-refractivity contribution < 1.29 is 9.66 Å². The van der Waals surface area contributed by atoms with Crippen LogP contribution in [0.3, 0.4) is 0 Å². The third-order valence-electron chi connectivity index (χ3n) is 3.05. The number of nitrogens with zero attached hydrogens (tertiary/aromatic N) is 2. The average Bonchev–Trinajstić information content (AvgIpc) is 2.34. The summed E-state index contributed by atoms with van der Waals surface area (Å²) in [7, 11) is 0. The van der Waals surface area contributed by atoms with E-state index in [-0.39, 0.29) is 23.6 Å². The molecule has 2 rings (SSSR count). The van der Waals surface area contributed by atoms with Gasteiger partial charge in [0.2, 0.25) is 5.75 Å². The average molecular weight is 316 g/mol. The Labute approximate surface area is 113 Å². The summed E-state index contributed by atoms with van der Waals surface area (Å²) in [4.78, 5) is 14.2. The van der Waals surface area contributed by atoms with Crippen LogP contribution in [0.1, 0.15) is 25.7 Å². The molecule has 1 saturated carbocycles.